The Morgan fingerprint density at radius 2 is 2.15 bits per heavy atom. The van der Waals surface area contributed by atoms with Crippen molar-refractivity contribution >= 4 is 29.2 Å². The van der Waals surface area contributed by atoms with Gasteiger partial charge in [0.2, 0.25) is 5.91 Å². The summed E-state index contributed by atoms with van der Waals surface area (Å²) in [6.45, 7) is 0.618. The molecule has 0 aromatic heterocycles. The molecule has 1 atom stereocenters. The van der Waals surface area contributed by atoms with Crippen molar-refractivity contribution in [1.82, 2.24) is 10.2 Å². The number of hydrogen-bond donors (Lipinski definition) is 2. The molecule has 2 N–H and O–H groups in total. The number of anilines is 1. The number of hydrogen-bond acceptors (Lipinski definition) is 2. The third-order valence-electron chi connectivity index (χ3n) is 3.56. The summed E-state index contributed by atoms with van der Waals surface area (Å²) in [5.41, 5.74) is 0.637. The summed E-state index contributed by atoms with van der Waals surface area (Å²) >= 11 is 5.86. The van der Waals surface area contributed by atoms with Crippen LogP contribution in [-0.4, -0.2) is 35.5 Å². The molecular formula is C14H16ClN3O2. The van der Waals surface area contributed by atoms with Gasteiger partial charge >= 0.3 is 6.03 Å². The Kier molecular flexibility index (Phi) is 3.53. The Morgan fingerprint density at radius 1 is 1.35 bits per heavy atom. The van der Waals surface area contributed by atoms with Gasteiger partial charge in [-0.25, -0.2) is 4.79 Å². The molecule has 2 fully saturated rings. The van der Waals surface area contributed by atoms with E-state index >= 15 is 0 Å². The Morgan fingerprint density at radius 3 is 2.85 bits per heavy atom. The standard InChI is InChI=1S/C14H16ClN3O2/c15-9-2-1-3-10(6-9)16-14(20)17-11-7-13(19)18(8-11)12-4-5-12/h1-3,6,11-12H,4-5,7-8H2,(H2,16,17,20). The van der Waals surface area contributed by atoms with Crippen LogP contribution in [0.1, 0.15) is 19.3 Å². The number of benzene rings is 1. The van der Waals surface area contributed by atoms with Gasteiger partial charge in [0.1, 0.15) is 0 Å². The SMILES string of the molecule is O=C(Nc1cccc(Cl)c1)NC1CC(=O)N(C2CC2)C1. The highest BCUT2D eigenvalue weighted by atomic mass is 35.5. The van der Waals surface area contributed by atoms with Crippen molar-refractivity contribution in [3.8, 4) is 0 Å². The molecule has 6 heteroatoms. The molecule has 1 saturated carbocycles. The average molecular weight is 294 g/mol. The highest BCUT2D eigenvalue weighted by molar-refractivity contribution is 6.30. The maximum atomic E-state index is 11.9. The zero-order valence-corrected chi connectivity index (χ0v) is 11.7. The second kappa shape index (κ2) is 5.32. The van der Waals surface area contributed by atoms with Gasteiger partial charge in [0, 0.05) is 29.7 Å². The summed E-state index contributed by atoms with van der Waals surface area (Å²) in [4.78, 5) is 25.6. The number of halogens is 1. The van der Waals surface area contributed by atoms with Crippen LogP contribution in [0.2, 0.25) is 5.02 Å². The lowest BCUT2D eigenvalue weighted by atomic mass is 10.2. The molecule has 1 aromatic rings. The minimum atomic E-state index is -0.303. The second-order valence-electron chi connectivity index (χ2n) is 5.29. The van der Waals surface area contributed by atoms with Crippen molar-refractivity contribution in [2.75, 3.05) is 11.9 Å². The van der Waals surface area contributed by atoms with Gasteiger partial charge in [0.05, 0.1) is 6.04 Å². The van der Waals surface area contributed by atoms with Gasteiger partial charge in [-0.05, 0) is 31.0 Å². The fourth-order valence-corrected chi connectivity index (χ4v) is 2.68. The number of amides is 3. The lowest BCUT2D eigenvalue weighted by Crippen LogP contribution is -2.40. The Hall–Kier alpha value is -1.75. The summed E-state index contributed by atoms with van der Waals surface area (Å²) in [5, 5.41) is 6.12. The molecule has 0 radical (unpaired) electrons. The average Bonchev–Trinajstić information content (AvgIpc) is 3.14. The highest BCUT2D eigenvalue weighted by Crippen LogP contribution is 2.30. The lowest BCUT2D eigenvalue weighted by Gasteiger charge is -2.16. The number of nitrogens with one attached hydrogen (secondary N) is 2. The van der Waals surface area contributed by atoms with Crippen molar-refractivity contribution < 1.29 is 9.59 Å². The summed E-state index contributed by atoms with van der Waals surface area (Å²) in [6.07, 6.45) is 2.57. The first kappa shape index (κ1) is 13.2. The lowest BCUT2D eigenvalue weighted by molar-refractivity contribution is -0.128. The molecule has 1 saturated heterocycles. The van der Waals surface area contributed by atoms with Crippen molar-refractivity contribution in [3.63, 3.8) is 0 Å². The first-order valence-corrected chi connectivity index (χ1v) is 7.12. The minimum absolute atomic E-state index is 0.109. The second-order valence-corrected chi connectivity index (χ2v) is 5.72. The Balaban J connectivity index is 1.53. The van der Waals surface area contributed by atoms with Gasteiger partial charge in [-0.1, -0.05) is 17.7 Å². The van der Waals surface area contributed by atoms with E-state index in [-0.39, 0.29) is 18.0 Å². The highest BCUT2D eigenvalue weighted by Gasteiger charge is 2.39. The molecule has 0 bridgehead atoms. The molecule has 1 aliphatic heterocycles. The Labute approximate surface area is 122 Å². The zero-order valence-electron chi connectivity index (χ0n) is 10.9. The largest absolute Gasteiger partial charge is 0.338 e. The predicted molar refractivity (Wildman–Crippen MR) is 76.7 cm³/mol. The fraction of sp³-hybridized carbons (Fsp3) is 0.429. The van der Waals surface area contributed by atoms with Crippen molar-refractivity contribution in [2.24, 2.45) is 0 Å². The Bertz CT molecular complexity index is 545. The van der Waals surface area contributed by atoms with Gasteiger partial charge in [0.15, 0.2) is 0 Å². The van der Waals surface area contributed by atoms with Gasteiger partial charge in [-0.3, -0.25) is 4.79 Å². The molecule has 1 heterocycles. The number of nitrogens with zero attached hydrogens (tertiary/aromatic N) is 1. The van der Waals surface area contributed by atoms with E-state index in [2.05, 4.69) is 10.6 Å². The van der Waals surface area contributed by atoms with E-state index in [4.69, 9.17) is 11.6 Å². The van der Waals surface area contributed by atoms with Crippen molar-refractivity contribution in [1.29, 1.82) is 0 Å². The topological polar surface area (TPSA) is 61.4 Å². The predicted octanol–water partition coefficient (Wildman–Crippen LogP) is 2.22. The molecule has 1 aliphatic carbocycles. The van der Waals surface area contributed by atoms with Crippen LogP contribution in [0.3, 0.4) is 0 Å². The molecule has 1 aromatic carbocycles. The van der Waals surface area contributed by atoms with Gasteiger partial charge in [-0.15, -0.1) is 0 Å². The maximum absolute atomic E-state index is 11.9. The molecular weight excluding hydrogens is 278 g/mol. The van der Waals surface area contributed by atoms with Crippen LogP contribution >= 0.6 is 11.6 Å². The maximum Gasteiger partial charge on any atom is 0.319 e. The summed E-state index contributed by atoms with van der Waals surface area (Å²) in [7, 11) is 0. The molecule has 3 amide bonds. The van der Waals surface area contributed by atoms with Crippen LogP contribution < -0.4 is 10.6 Å². The van der Waals surface area contributed by atoms with Crippen LogP contribution in [0, 0.1) is 0 Å². The quantitative estimate of drug-likeness (QED) is 0.898. The molecule has 20 heavy (non-hydrogen) atoms. The van der Waals surface area contributed by atoms with Crippen molar-refractivity contribution in [2.45, 2.75) is 31.3 Å². The summed E-state index contributed by atoms with van der Waals surface area (Å²) in [5.74, 6) is 0.139. The van der Waals surface area contributed by atoms with Crippen LogP contribution in [0.25, 0.3) is 0 Å². The van der Waals surface area contributed by atoms with E-state index in [1.54, 1.807) is 24.3 Å². The monoisotopic (exact) mass is 293 g/mol. The van der Waals surface area contributed by atoms with E-state index in [1.165, 1.54) is 0 Å². The van der Waals surface area contributed by atoms with E-state index in [9.17, 15) is 9.59 Å². The van der Waals surface area contributed by atoms with E-state index in [0.717, 1.165) is 12.8 Å². The van der Waals surface area contributed by atoms with E-state index in [1.807, 2.05) is 4.90 Å². The van der Waals surface area contributed by atoms with Crippen LogP contribution in [-0.2, 0) is 4.79 Å². The van der Waals surface area contributed by atoms with E-state index in [0.29, 0.717) is 29.7 Å². The van der Waals surface area contributed by atoms with Crippen molar-refractivity contribution in [3.05, 3.63) is 29.3 Å². The van der Waals surface area contributed by atoms with Gasteiger partial charge in [0.25, 0.3) is 0 Å². The third-order valence-corrected chi connectivity index (χ3v) is 3.80. The first-order chi connectivity index (χ1) is 9.61. The van der Waals surface area contributed by atoms with Crippen LogP contribution in [0.5, 0.6) is 0 Å². The summed E-state index contributed by atoms with van der Waals surface area (Å²) < 4.78 is 0. The molecule has 2 aliphatic rings. The third kappa shape index (κ3) is 3.04. The number of rotatable bonds is 3. The smallest absolute Gasteiger partial charge is 0.319 e. The molecule has 3 rings (SSSR count). The number of carbonyl (C=O) groups is 2. The molecule has 0 spiro atoms. The normalized spacial score (nSPS) is 21.9. The van der Waals surface area contributed by atoms with E-state index < -0.39 is 0 Å². The summed E-state index contributed by atoms with van der Waals surface area (Å²) in [6, 6.07) is 6.95. The molecule has 1 unspecified atom stereocenters. The minimum Gasteiger partial charge on any atom is -0.338 e. The van der Waals surface area contributed by atoms with Gasteiger partial charge in [-0.2, -0.15) is 0 Å². The molecule has 5 nitrogen and oxygen atoms in total. The number of urea groups is 1. The number of carbonyl (C=O) groups excluding carboxylic acids is 2. The first-order valence-electron chi connectivity index (χ1n) is 6.74. The van der Waals surface area contributed by atoms with Crippen LogP contribution in [0.4, 0.5) is 10.5 Å². The fourth-order valence-electron chi connectivity index (χ4n) is 2.49. The van der Waals surface area contributed by atoms with Crippen LogP contribution in [0.15, 0.2) is 24.3 Å². The zero-order chi connectivity index (χ0) is 14.1. The van der Waals surface area contributed by atoms with Gasteiger partial charge < -0.3 is 15.5 Å². The number of likely N-dealkylation sites (tertiary alicyclic amines) is 1. The molecule has 106 valence electrons.